The van der Waals surface area contributed by atoms with Crippen molar-refractivity contribution in [3.63, 3.8) is 0 Å². The molecule has 1 aromatic rings. The van der Waals surface area contributed by atoms with E-state index < -0.39 is 5.60 Å². The molecule has 0 spiro atoms. The topological polar surface area (TPSA) is 50.8 Å². The summed E-state index contributed by atoms with van der Waals surface area (Å²) in [6.07, 6.45) is 1.75. The molecule has 0 saturated carbocycles. The van der Waals surface area contributed by atoms with Crippen LogP contribution < -0.4 is 10.1 Å². The summed E-state index contributed by atoms with van der Waals surface area (Å²) >= 11 is 0. The summed E-state index contributed by atoms with van der Waals surface area (Å²) in [6, 6.07) is 8.04. The van der Waals surface area contributed by atoms with Gasteiger partial charge in [0, 0.05) is 19.1 Å². The Bertz CT molecular complexity index is 511. The van der Waals surface area contributed by atoms with E-state index >= 15 is 0 Å². The summed E-state index contributed by atoms with van der Waals surface area (Å²) < 4.78 is 10.8. The number of anilines is 1. The molecule has 22 heavy (non-hydrogen) atoms. The van der Waals surface area contributed by atoms with Crippen LogP contribution in [0.25, 0.3) is 0 Å². The van der Waals surface area contributed by atoms with Gasteiger partial charge in [0.25, 0.3) is 0 Å². The number of hydrogen-bond donors (Lipinski definition) is 1. The molecule has 5 heteroatoms. The van der Waals surface area contributed by atoms with Gasteiger partial charge >= 0.3 is 6.09 Å². The molecule has 0 aliphatic carbocycles. The third-order valence-corrected chi connectivity index (χ3v) is 3.54. The van der Waals surface area contributed by atoms with Gasteiger partial charge in [-0.1, -0.05) is 12.1 Å². The molecule has 1 fully saturated rings. The van der Waals surface area contributed by atoms with Gasteiger partial charge in [-0.3, -0.25) is 0 Å². The van der Waals surface area contributed by atoms with Gasteiger partial charge in [0.2, 0.25) is 0 Å². The smallest absolute Gasteiger partial charge is 0.410 e. The standard InChI is InChI=1S/C17H26N2O3/c1-17(2,3)22-16(20)19-11-7-8-13(12-19)18-14-9-5-6-10-15(14)21-4/h5-6,9-10,13,18H,7-8,11-12H2,1-4H3/t13-/m1/s1. The van der Waals surface area contributed by atoms with E-state index in [1.54, 1.807) is 12.0 Å². The van der Waals surface area contributed by atoms with E-state index in [9.17, 15) is 4.79 Å². The minimum absolute atomic E-state index is 0.206. The van der Waals surface area contributed by atoms with Gasteiger partial charge in [-0.15, -0.1) is 0 Å². The quantitative estimate of drug-likeness (QED) is 0.928. The Balaban J connectivity index is 1.97. The number of nitrogens with zero attached hydrogens (tertiary/aromatic N) is 1. The fourth-order valence-corrected chi connectivity index (χ4v) is 2.57. The highest BCUT2D eigenvalue weighted by atomic mass is 16.6. The molecule has 1 N–H and O–H groups in total. The Morgan fingerprint density at radius 1 is 1.32 bits per heavy atom. The lowest BCUT2D eigenvalue weighted by molar-refractivity contribution is 0.0206. The molecule has 1 atom stereocenters. The van der Waals surface area contributed by atoms with Crippen LogP contribution in [0.3, 0.4) is 0 Å². The Morgan fingerprint density at radius 2 is 2.05 bits per heavy atom. The highest BCUT2D eigenvalue weighted by molar-refractivity contribution is 5.68. The second-order valence-corrected chi connectivity index (χ2v) is 6.61. The van der Waals surface area contributed by atoms with Crippen molar-refractivity contribution in [1.29, 1.82) is 0 Å². The van der Waals surface area contributed by atoms with Gasteiger partial charge < -0.3 is 19.7 Å². The molecule has 1 aliphatic rings. The number of hydrogen-bond acceptors (Lipinski definition) is 4. The van der Waals surface area contributed by atoms with E-state index in [-0.39, 0.29) is 12.1 Å². The Morgan fingerprint density at radius 3 is 2.73 bits per heavy atom. The number of ether oxygens (including phenoxy) is 2. The molecule has 122 valence electrons. The van der Waals surface area contributed by atoms with E-state index in [2.05, 4.69) is 5.32 Å². The Labute approximate surface area is 132 Å². The third-order valence-electron chi connectivity index (χ3n) is 3.54. The summed E-state index contributed by atoms with van der Waals surface area (Å²) in [5.41, 5.74) is 0.501. The van der Waals surface area contributed by atoms with Crippen molar-refractivity contribution < 1.29 is 14.3 Å². The summed E-state index contributed by atoms with van der Waals surface area (Å²) in [5, 5.41) is 3.47. The largest absolute Gasteiger partial charge is 0.495 e. The number of benzene rings is 1. The number of rotatable bonds is 3. The fraction of sp³-hybridized carbons (Fsp3) is 0.588. The lowest BCUT2D eigenvalue weighted by Crippen LogP contribution is -2.47. The molecule has 5 nitrogen and oxygen atoms in total. The van der Waals surface area contributed by atoms with Crippen LogP contribution in [-0.2, 0) is 4.74 Å². The molecule has 0 aromatic heterocycles. The zero-order valence-corrected chi connectivity index (χ0v) is 13.9. The van der Waals surface area contributed by atoms with E-state index in [4.69, 9.17) is 9.47 Å². The van der Waals surface area contributed by atoms with Crippen molar-refractivity contribution in [2.45, 2.75) is 45.3 Å². The van der Waals surface area contributed by atoms with E-state index in [0.29, 0.717) is 6.54 Å². The molecule has 1 aliphatic heterocycles. The fourth-order valence-electron chi connectivity index (χ4n) is 2.57. The lowest BCUT2D eigenvalue weighted by atomic mass is 10.1. The van der Waals surface area contributed by atoms with E-state index in [0.717, 1.165) is 30.8 Å². The predicted molar refractivity (Wildman–Crippen MR) is 87.4 cm³/mol. The van der Waals surface area contributed by atoms with Crippen LogP contribution in [0, 0.1) is 0 Å². The van der Waals surface area contributed by atoms with Gasteiger partial charge in [-0.25, -0.2) is 4.79 Å². The number of para-hydroxylation sites is 2. The minimum Gasteiger partial charge on any atom is -0.495 e. The van der Waals surface area contributed by atoms with Crippen LogP contribution in [0.2, 0.25) is 0 Å². The number of amides is 1. The zero-order valence-electron chi connectivity index (χ0n) is 13.9. The van der Waals surface area contributed by atoms with Gasteiger partial charge in [0.15, 0.2) is 0 Å². The van der Waals surface area contributed by atoms with Crippen molar-refractivity contribution in [2.24, 2.45) is 0 Å². The Kier molecular flexibility index (Phi) is 5.16. The molecular weight excluding hydrogens is 280 g/mol. The minimum atomic E-state index is -0.458. The van der Waals surface area contributed by atoms with Crippen LogP contribution in [0.1, 0.15) is 33.6 Å². The number of methoxy groups -OCH3 is 1. The summed E-state index contributed by atoms with van der Waals surface area (Å²) in [7, 11) is 1.66. The number of nitrogens with one attached hydrogen (secondary N) is 1. The van der Waals surface area contributed by atoms with E-state index in [1.807, 2.05) is 45.0 Å². The van der Waals surface area contributed by atoms with Gasteiger partial charge in [0.05, 0.1) is 12.8 Å². The monoisotopic (exact) mass is 306 g/mol. The second-order valence-electron chi connectivity index (χ2n) is 6.61. The molecule has 2 rings (SSSR count). The highest BCUT2D eigenvalue weighted by Crippen LogP contribution is 2.26. The average Bonchev–Trinajstić information content (AvgIpc) is 2.46. The van der Waals surface area contributed by atoms with Crippen LogP contribution in [0.4, 0.5) is 10.5 Å². The van der Waals surface area contributed by atoms with Crippen LogP contribution in [0.5, 0.6) is 5.75 Å². The third kappa shape index (κ3) is 4.55. The van der Waals surface area contributed by atoms with E-state index in [1.165, 1.54) is 0 Å². The zero-order chi connectivity index (χ0) is 16.2. The highest BCUT2D eigenvalue weighted by Gasteiger charge is 2.27. The molecule has 1 heterocycles. The first-order valence-corrected chi connectivity index (χ1v) is 7.76. The SMILES string of the molecule is COc1ccccc1N[C@@H]1CCCN(C(=O)OC(C)(C)C)C1. The number of carbonyl (C=O) groups excluding carboxylic acids is 1. The molecular formula is C17H26N2O3. The number of likely N-dealkylation sites (tertiary alicyclic amines) is 1. The maximum atomic E-state index is 12.2. The first kappa shape index (κ1) is 16.5. The van der Waals surface area contributed by atoms with Crippen molar-refractivity contribution in [1.82, 2.24) is 4.90 Å². The van der Waals surface area contributed by atoms with Gasteiger partial charge in [0.1, 0.15) is 11.4 Å². The van der Waals surface area contributed by atoms with Gasteiger partial charge in [-0.05, 0) is 45.7 Å². The molecule has 1 amide bonds. The summed E-state index contributed by atoms with van der Waals surface area (Å²) in [4.78, 5) is 14.0. The summed E-state index contributed by atoms with van der Waals surface area (Å²) in [5.74, 6) is 0.817. The maximum absolute atomic E-state index is 12.2. The number of carbonyl (C=O) groups is 1. The van der Waals surface area contributed by atoms with Crippen molar-refractivity contribution >= 4 is 11.8 Å². The average molecular weight is 306 g/mol. The first-order chi connectivity index (χ1) is 10.4. The van der Waals surface area contributed by atoms with Crippen LogP contribution in [0.15, 0.2) is 24.3 Å². The van der Waals surface area contributed by atoms with Gasteiger partial charge in [-0.2, -0.15) is 0 Å². The molecule has 0 radical (unpaired) electrons. The molecule has 0 unspecified atom stereocenters. The Hall–Kier alpha value is -1.91. The molecule has 1 aromatic carbocycles. The van der Waals surface area contributed by atoms with Crippen molar-refractivity contribution in [3.8, 4) is 5.75 Å². The first-order valence-electron chi connectivity index (χ1n) is 7.76. The van der Waals surface area contributed by atoms with Crippen molar-refractivity contribution in [3.05, 3.63) is 24.3 Å². The normalized spacial score (nSPS) is 18.7. The summed E-state index contributed by atoms with van der Waals surface area (Å²) in [6.45, 7) is 7.06. The maximum Gasteiger partial charge on any atom is 0.410 e. The van der Waals surface area contributed by atoms with Crippen molar-refractivity contribution in [2.75, 3.05) is 25.5 Å². The molecule has 0 bridgehead atoms. The lowest BCUT2D eigenvalue weighted by Gasteiger charge is -2.35. The second kappa shape index (κ2) is 6.90. The number of piperidine rings is 1. The van der Waals surface area contributed by atoms with Crippen LogP contribution in [-0.4, -0.2) is 42.8 Å². The van der Waals surface area contributed by atoms with Crippen LogP contribution >= 0.6 is 0 Å². The predicted octanol–water partition coefficient (Wildman–Crippen LogP) is 3.51. The molecule has 1 saturated heterocycles.